The summed E-state index contributed by atoms with van der Waals surface area (Å²) >= 11 is 0. The Morgan fingerprint density at radius 1 is 1.08 bits per heavy atom. The van der Waals surface area contributed by atoms with Gasteiger partial charge in [-0.1, -0.05) is 18.2 Å². The van der Waals surface area contributed by atoms with E-state index in [0.717, 1.165) is 25.1 Å². The molecule has 4 nitrogen and oxygen atoms in total. The van der Waals surface area contributed by atoms with Crippen LogP contribution in [0.2, 0.25) is 0 Å². The van der Waals surface area contributed by atoms with Gasteiger partial charge in [0.2, 0.25) is 0 Å². The van der Waals surface area contributed by atoms with E-state index in [0.29, 0.717) is 12.3 Å². The van der Waals surface area contributed by atoms with E-state index in [1.807, 2.05) is 12.1 Å². The van der Waals surface area contributed by atoms with E-state index in [2.05, 4.69) is 11.0 Å². The molecule has 1 aliphatic heterocycles. The lowest BCUT2D eigenvalue weighted by Crippen LogP contribution is -2.38. The summed E-state index contributed by atoms with van der Waals surface area (Å²) in [6, 6.07) is 13.0. The molecule has 0 saturated heterocycles. The lowest BCUT2D eigenvalue weighted by atomic mass is 9.99. The maximum Gasteiger partial charge on any atom is 0.123 e. The molecule has 1 unspecified atom stereocenters. The summed E-state index contributed by atoms with van der Waals surface area (Å²) in [4.78, 5) is 2.17. The number of rotatable bonds is 6. The second-order valence-electron chi connectivity index (χ2n) is 6.20. The molecule has 0 aromatic heterocycles. The molecule has 1 atom stereocenters. The van der Waals surface area contributed by atoms with Crippen molar-refractivity contribution < 1.29 is 19.3 Å². The largest absolute Gasteiger partial charge is 0.508 e. The average Bonchev–Trinajstić information content (AvgIpc) is 2.63. The highest BCUT2D eigenvalue weighted by atomic mass is 19.1. The molecule has 25 heavy (non-hydrogen) atoms. The van der Waals surface area contributed by atoms with E-state index in [-0.39, 0.29) is 18.2 Å². The van der Waals surface area contributed by atoms with Crippen LogP contribution in [0.4, 0.5) is 4.39 Å². The molecule has 132 valence electrons. The minimum Gasteiger partial charge on any atom is -0.508 e. The molecule has 0 bridgehead atoms. The van der Waals surface area contributed by atoms with Crippen LogP contribution in [0.25, 0.3) is 5.57 Å². The number of hydrogen-bond acceptors (Lipinski definition) is 4. The van der Waals surface area contributed by atoms with Gasteiger partial charge in [-0.25, -0.2) is 4.39 Å². The Balaban J connectivity index is 1.46. The molecule has 0 fully saturated rings. The quantitative estimate of drug-likeness (QED) is 0.846. The Labute approximate surface area is 146 Å². The molecule has 1 heterocycles. The number of ether oxygens (including phenoxy) is 1. The van der Waals surface area contributed by atoms with Crippen molar-refractivity contribution in [3.05, 3.63) is 66.0 Å². The smallest absolute Gasteiger partial charge is 0.123 e. The SMILES string of the molecule is Oc1ccc(C2=CCN(CC(O)COc3ccc(F)cc3)CC2)cc1. The first-order chi connectivity index (χ1) is 12.1. The molecule has 0 radical (unpaired) electrons. The van der Waals surface area contributed by atoms with Crippen molar-refractivity contribution in [3.8, 4) is 11.5 Å². The minimum absolute atomic E-state index is 0.177. The van der Waals surface area contributed by atoms with E-state index < -0.39 is 6.10 Å². The Hall–Kier alpha value is -2.37. The highest BCUT2D eigenvalue weighted by molar-refractivity contribution is 5.67. The van der Waals surface area contributed by atoms with E-state index in [9.17, 15) is 14.6 Å². The van der Waals surface area contributed by atoms with Crippen LogP contribution in [-0.4, -0.2) is 47.5 Å². The zero-order valence-corrected chi connectivity index (χ0v) is 13.9. The van der Waals surface area contributed by atoms with Gasteiger partial charge in [-0.05, 0) is 54.0 Å². The van der Waals surface area contributed by atoms with Crippen molar-refractivity contribution in [2.24, 2.45) is 0 Å². The van der Waals surface area contributed by atoms with E-state index in [1.54, 1.807) is 24.3 Å². The zero-order valence-electron chi connectivity index (χ0n) is 13.9. The van der Waals surface area contributed by atoms with Gasteiger partial charge in [-0.2, -0.15) is 0 Å². The van der Waals surface area contributed by atoms with Crippen LogP contribution in [0.5, 0.6) is 11.5 Å². The first-order valence-electron chi connectivity index (χ1n) is 8.37. The van der Waals surface area contributed by atoms with Crippen molar-refractivity contribution in [3.63, 3.8) is 0 Å². The molecule has 0 spiro atoms. The standard InChI is InChI=1S/C20H22FNO3/c21-17-3-7-20(8-4-17)25-14-19(24)13-22-11-9-16(10-12-22)15-1-5-18(23)6-2-15/h1-9,19,23-24H,10-14H2. The lowest BCUT2D eigenvalue weighted by molar-refractivity contribution is 0.0716. The van der Waals surface area contributed by atoms with Gasteiger partial charge >= 0.3 is 0 Å². The van der Waals surface area contributed by atoms with Crippen molar-refractivity contribution in [1.82, 2.24) is 4.90 Å². The van der Waals surface area contributed by atoms with Crippen LogP contribution in [0.15, 0.2) is 54.6 Å². The number of phenolic OH excluding ortho intramolecular Hbond substituents is 1. The van der Waals surface area contributed by atoms with Crippen molar-refractivity contribution in [2.75, 3.05) is 26.2 Å². The van der Waals surface area contributed by atoms with Crippen molar-refractivity contribution >= 4 is 5.57 Å². The molecule has 1 aliphatic rings. The third-order valence-corrected chi connectivity index (χ3v) is 4.26. The molecular formula is C20H22FNO3. The fourth-order valence-electron chi connectivity index (χ4n) is 2.89. The number of aliphatic hydroxyl groups is 1. The van der Waals surface area contributed by atoms with Crippen LogP contribution in [-0.2, 0) is 0 Å². The van der Waals surface area contributed by atoms with Gasteiger partial charge in [-0.3, -0.25) is 4.90 Å². The van der Waals surface area contributed by atoms with Gasteiger partial charge in [0.1, 0.15) is 30.0 Å². The van der Waals surface area contributed by atoms with E-state index in [4.69, 9.17) is 4.74 Å². The Morgan fingerprint density at radius 3 is 2.44 bits per heavy atom. The number of nitrogens with zero attached hydrogens (tertiary/aromatic N) is 1. The first-order valence-corrected chi connectivity index (χ1v) is 8.37. The summed E-state index contributed by atoms with van der Waals surface area (Å²) in [6.45, 7) is 2.33. The second-order valence-corrected chi connectivity index (χ2v) is 6.20. The fraction of sp³-hybridized carbons (Fsp3) is 0.300. The molecule has 0 saturated carbocycles. The Kier molecular flexibility index (Phi) is 5.68. The number of benzene rings is 2. The van der Waals surface area contributed by atoms with Gasteiger partial charge in [0, 0.05) is 19.6 Å². The van der Waals surface area contributed by atoms with Gasteiger partial charge in [0.25, 0.3) is 0 Å². The Morgan fingerprint density at radius 2 is 1.80 bits per heavy atom. The molecule has 2 aromatic rings. The van der Waals surface area contributed by atoms with Gasteiger partial charge in [0.05, 0.1) is 0 Å². The molecule has 2 aromatic carbocycles. The van der Waals surface area contributed by atoms with Gasteiger partial charge < -0.3 is 14.9 Å². The summed E-state index contributed by atoms with van der Waals surface area (Å²) in [5, 5.41) is 19.5. The number of halogens is 1. The van der Waals surface area contributed by atoms with Crippen molar-refractivity contribution in [1.29, 1.82) is 0 Å². The Bertz CT molecular complexity index is 713. The predicted octanol–water partition coefficient (Wildman–Crippen LogP) is 3.06. The number of β-amino-alcohol motifs (C(OH)–C–C–N with tert-alkyl or cyclic N) is 1. The molecule has 2 N–H and O–H groups in total. The highest BCUT2D eigenvalue weighted by Gasteiger charge is 2.16. The number of phenols is 1. The monoisotopic (exact) mass is 343 g/mol. The molecule has 3 rings (SSSR count). The summed E-state index contributed by atoms with van der Waals surface area (Å²) in [6.07, 6.45) is 2.45. The number of aromatic hydroxyl groups is 1. The minimum atomic E-state index is -0.603. The summed E-state index contributed by atoms with van der Waals surface area (Å²) in [7, 11) is 0. The summed E-state index contributed by atoms with van der Waals surface area (Å²) < 4.78 is 18.3. The molecule has 0 aliphatic carbocycles. The van der Waals surface area contributed by atoms with Crippen LogP contribution < -0.4 is 4.74 Å². The normalized spacial score (nSPS) is 16.3. The summed E-state index contributed by atoms with van der Waals surface area (Å²) in [5.41, 5.74) is 2.38. The fourth-order valence-corrected chi connectivity index (χ4v) is 2.89. The lowest BCUT2D eigenvalue weighted by Gasteiger charge is -2.28. The van der Waals surface area contributed by atoms with E-state index >= 15 is 0 Å². The predicted molar refractivity (Wildman–Crippen MR) is 95.0 cm³/mol. The first kappa shape index (κ1) is 17.5. The van der Waals surface area contributed by atoms with Gasteiger partial charge in [-0.15, -0.1) is 0 Å². The van der Waals surface area contributed by atoms with Gasteiger partial charge in [0.15, 0.2) is 0 Å². The maximum atomic E-state index is 12.8. The van der Waals surface area contributed by atoms with Crippen LogP contribution in [0.3, 0.4) is 0 Å². The van der Waals surface area contributed by atoms with Crippen molar-refractivity contribution in [2.45, 2.75) is 12.5 Å². The van der Waals surface area contributed by atoms with Crippen LogP contribution in [0.1, 0.15) is 12.0 Å². The average molecular weight is 343 g/mol. The number of aliphatic hydroxyl groups excluding tert-OH is 1. The van der Waals surface area contributed by atoms with Crippen LogP contribution >= 0.6 is 0 Å². The molecule has 5 heteroatoms. The van der Waals surface area contributed by atoms with Crippen LogP contribution in [0, 0.1) is 5.82 Å². The third kappa shape index (κ3) is 5.05. The third-order valence-electron chi connectivity index (χ3n) is 4.26. The maximum absolute atomic E-state index is 12.8. The highest BCUT2D eigenvalue weighted by Crippen LogP contribution is 2.24. The summed E-state index contributed by atoms with van der Waals surface area (Å²) in [5.74, 6) is 0.511. The second kappa shape index (κ2) is 8.14. The topological polar surface area (TPSA) is 52.9 Å². The zero-order chi connectivity index (χ0) is 17.6. The molecular weight excluding hydrogens is 321 g/mol. The number of hydrogen-bond donors (Lipinski definition) is 2. The molecule has 0 amide bonds. The van der Waals surface area contributed by atoms with E-state index in [1.165, 1.54) is 17.7 Å².